The first-order valence-corrected chi connectivity index (χ1v) is 8.06. The SMILES string of the molecule is Cc1cccc(CN2CCC23CCC(CO)CC3)c1C. The van der Waals surface area contributed by atoms with Gasteiger partial charge in [0, 0.05) is 25.2 Å². The van der Waals surface area contributed by atoms with Crippen molar-refractivity contribution < 1.29 is 5.11 Å². The van der Waals surface area contributed by atoms with Crippen LogP contribution in [0, 0.1) is 19.8 Å². The van der Waals surface area contributed by atoms with Gasteiger partial charge in [0.05, 0.1) is 0 Å². The second kappa shape index (κ2) is 5.50. The van der Waals surface area contributed by atoms with Gasteiger partial charge >= 0.3 is 0 Å². The molecule has 3 rings (SSSR count). The van der Waals surface area contributed by atoms with Gasteiger partial charge in [0.25, 0.3) is 0 Å². The summed E-state index contributed by atoms with van der Waals surface area (Å²) in [5.41, 5.74) is 4.81. The molecule has 2 heteroatoms. The quantitative estimate of drug-likeness (QED) is 0.912. The first kappa shape index (κ1) is 14.1. The molecule has 20 heavy (non-hydrogen) atoms. The molecule has 2 fully saturated rings. The smallest absolute Gasteiger partial charge is 0.0459 e. The molecule has 1 spiro atoms. The number of aryl methyl sites for hydroxylation is 1. The molecule has 1 aliphatic carbocycles. The molecule has 1 aromatic carbocycles. The highest BCUT2D eigenvalue weighted by atomic mass is 16.3. The van der Waals surface area contributed by atoms with Gasteiger partial charge in [-0.1, -0.05) is 18.2 Å². The summed E-state index contributed by atoms with van der Waals surface area (Å²) in [5.74, 6) is 0.559. The van der Waals surface area contributed by atoms with Gasteiger partial charge in [-0.3, -0.25) is 4.90 Å². The highest BCUT2D eigenvalue weighted by molar-refractivity contribution is 5.33. The van der Waals surface area contributed by atoms with Crippen molar-refractivity contribution in [2.45, 2.75) is 58.0 Å². The molecule has 1 aromatic rings. The Labute approximate surface area is 122 Å². The zero-order valence-electron chi connectivity index (χ0n) is 12.9. The Morgan fingerprint density at radius 1 is 1.20 bits per heavy atom. The van der Waals surface area contributed by atoms with Crippen LogP contribution in [0.3, 0.4) is 0 Å². The average Bonchev–Trinajstić information content (AvgIpc) is 2.47. The van der Waals surface area contributed by atoms with Gasteiger partial charge in [-0.2, -0.15) is 0 Å². The second-order valence-electron chi connectivity index (χ2n) is 6.88. The minimum absolute atomic E-state index is 0.382. The number of hydrogen-bond acceptors (Lipinski definition) is 2. The lowest BCUT2D eigenvalue weighted by molar-refractivity contribution is -0.0616. The third-order valence-corrected chi connectivity index (χ3v) is 5.89. The highest BCUT2D eigenvalue weighted by Crippen LogP contribution is 2.45. The van der Waals surface area contributed by atoms with Gasteiger partial charge in [0.2, 0.25) is 0 Å². The zero-order chi connectivity index (χ0) is 14.2. The number of nitrogens with zero attached hydrogens (tertiary/aromatic N) is 1. The Morgan fingerprint density at radius 3 is 2.55 bits per heavy atom. The molecule has 2 nitrogen and oxygen atoms in total. The number of benzene rings is 1. The van der Waals surface area contributed by atoms with E-state index in [-0.39, 0.29) is 0 Å². The van der Waals surface area contributed by atoms with Gasteiger partial charge < -0.3 is 5.11 Å². The molecule has 1 aliphatic heterocycles. The highest BCUT2D eigenvalue weighted by Gasteiger charge is 2.46. The van der Waals surface area contributed by atoms with E-state index in [4.69, 9.17) is 0 Å². The van der Waals surface area contributed by atoms with E-state index >= 15 is 0 Å². The van der Waals surface area contributed by atoms with Crippen molar-refractivity contribution in [3.05, 3.63) is 34.9 Å². The van der Waals surface area contributed by atoms with E-state index in [0.29, 0.717) is 18.1 Å². The van der Waals surface area contributed by atoms with Crippen LogP contribution in [0.1, 0.15) is 48.8 Å². The maximum Gasteiger partial charge on any atom is 0.0459 e. The molecule has 0 radical (unpaired) electrons. The maximum atomic E-state index is 9.31. The number of aliphatic hydroxyl groups is 1. The Hall–Kier alpha value is -0.860. The van der Waals surface area contributed by atoms with Crippen molar-refractivity contribution in [2.24, 2.45) is 5.92 Å². The first-order chi connectivity index (χ1) is 9.64. The summed E-state index contributed by atoms with van der Waals surface area (Å²) in [5, 5.41) is 9.31. The molecular weight excluding hydrogens is 246 g/mol. The van der Waals surface area contributed by atoms with E-state index in [1.807, 2.05) is 0 Å². The normalized spacial score (nSPS) is 30.4. The third kappa shape index (κ3) is 2.40. The fourth-order valence-electron chi connectivity index (χ4n) is 3.99. The largest absolute Gasteiger partial charge is 0.396 e. The summed E-state index contributed by atoms with van der Waals surface area (Å²) in [6.07, 6.45) is 6.34. The lowest BCUT2D eigenvalue weighted by atomic mass is 9.69. The van der Waals surface area contributed by atoms with Crippen LogP contribution < -0.4 is 0 Å². The predicted octanol–water partition coefficient (Wildman–Crippen LogP) is 3.43. The maximum absolute atomic E-state index is 9.31. The van der Waals surface area contributed by atoms with Gasteiger partial charge in [-0.25, -0.2) is 0 Å². The topological polar surface area (TPSA) is 23.5 Å². The van der Waals surface area contributed by atoms with Crippen molar-refractivity contribution in [1.82, 2.24) is 4.90 Å². The summed E-state index contributed by atoms with van der Waals surface area (Å²) in [4.78, 5) is 2.70. The van der Waals surface area contributed by atoms with Crippen molar-refractivity contribution in [1.29, 1.82) is 0 Å². The van der Waals surface area contributed by atoms with E-state index in [9.17, 15) is 5.11 Å². The minimum Gasteiger partial charge on any atom is -0.396 e. The number of hydrogen-bond donors (Lipinski definition) is 1. The van der Waals surface area contributed by atoms with Crippen molar-refractivity contribution in [3.63, 3.8) is 0 Å². The summed E-state index contributed by atoms with van der Waals surface area (Å²) >= 11 is 0. The van der Waals surface area contributed by atoms with Crippen LogP contribution in [-0.2, 0) is 6.54 Å². The monoisotopic (exact) mass is 273 g/mol. The van der Waals surface area contributed by atoms with Gasteiger partial charge in [0.1, 0.15) is 0 Å². The molecule has 1 saturated heterocycles. The summed E-state index contributed by atoms with van der Waals surface area (Å²) < 4.78 is 0. The molecule has 0 amide bonds. The van der Waals surface area contributed by atoms with E-state index in [1.165, 1.54) is 55.3 Å². The van der Waals surface area contributed by atoms with E-state index in [1.54, 1.807) is 0 Å². The summed E-state index contributed by atoms with van der Waals surface area (Å²) in [6, 6.07) is 6.68. The van der Waals surface area contributed by atoms with Crippen LogP contribution in [-0.4, -0.2) is 28.7 Å². The molecule has 0 atom stereocenters. The van der Waals surface area contributed by atoms with Crippen molar-refractivity contribution >= 4 is 0 Å². The summed E-state index contributed by atoms with van der Waals surface area (Å²) in [6.45, 7) is 7.19. The average molecular weight is 273 g/mol. The van der Waals surface area contributed by atoms with Gasteiger partial charge in [0.15, 0.2) is 0 Å². The van der Waals surface area contributed by atoms with Crippen LogP contribution in [0.25, 0.3) is 0 Å². The fraction of sp³-hybridized carbons (Fsp3) is 0.667. The second-order valence-corrected chi connectivity index (χ2v) is 6.88. The van der Waals surface area contributed by atoms with E-state index in [2.05, 4.69) is 36.9 Å². The van der Waals surface area contributed by atoms with Crippen LogP contribution >= 0.6 is 0 Å². The Bertz CT molecular complexity index is 474. The molecule has 110 valence electrons. The molecule has 1 N–H and O–H groups in total. The van der Waals surface area contributed by atoms with Crippen LogP contribution in [0.2, 0.25) is 0 Å². The van der Waals surface area contributed by atoms with Crippen LogP contribution in [0.15, 0.2) is 18.2 Å². The Balaban J connectivity index is 1.68. The molecule has 0 unspecified atom stereocenters. The van der Waals surface area contributed by atoms with Crippen LogP contribution in [0.5, 0.6) is 0 Å². The molecule has 2 aliphatic rings. The van der Waals surface area contributed by atoms with Gasteiger partial charge in [-0.05, 0) is 68.6 Å². The lowest BCUT2D eigenvalue weighted by Gasteiger charge is -2.56. The fourth-order valence-corrected chi connectivity index (χ4v) is 3.99. The molecule has 1 saturated carbocycles. The van der Waals surface area contributed by atoms with E-state index < -0.39 is 0 Å². The lowest BCUT2D eigenvalue weighted by Crippen LogP contribution is -2.60. The third-order valence-electron chi connectivity index (χ3n) is 5.89. The molecular formula is C18H27NO. The number of likely N-dealkylation sites (tertiary alicyclic amines) is 1. The Kier molecular flexibility index (Phi) is 3.87. The standard InChI is InChI=1S/C18H27NO/c1-14-4-3-5-17(15(14)2)12-19-11-10-18(19)8-6-16(13-20)7-9-18/h3-5,16,20H,6-13H2,1-2H3. The van der Waals surface area contributed by atoms with E-state index in [0.717, 1.165) is 6.54 Å². The Morgan fingerprint density at radius 2 is 1.95 bits per heavy atom. The van der Waals surface area contributed by atoms with Crippen molar-refractivity contribution in [2.75, 3.05) is 13.2 Å². The number of aliphatic hydroxyl groups excluding tert-OH is 1. The predicted molar refractivity (Wildman–Crippen MR) is 82.7 cm³/mol. The molecule has 0 bridgehead atoms. The van der Waals surface area contributed by atoms with Crippen molar-refractivity contribution in [3.8, 4) is 0 Å². The van der Waals surface area contributed by atoms with Gasteiger partial charge in [-0.15, -0.1) is 0 Å². The van der Waals surface area contributed by atoms with Crippen LogP contribution in [0.4, 0.5) is 0 Å². The molecule has 1 heterocycles. The first-order valence-electron chi connectivity index (χ1n) is 8.06. The summed E-state index contributed by atoms with van der Waals surface area (Å²) in [7, 11) is 0. The minimum atomic E-state index is 0.382. The zero-order valence-corrected chi connectivity index (χ0v) is 12.9. The number of rotatable bonds is 3. The molecule has 0 aromatic heterocycles.